The molecule has 0 aliphatic carbocycles. The van der Waals surface area contributed by atoms with E-state index in [1.54, 1.807) is 0 Å². The number of hydrogen-bond acceptors (Lipinski definition) is 2. The van der Waals surface area contributed by atoms with Crippen LogP contribution in [0.5, 0.6) is 0 Å². The Bertz CT molecular complexity index is 484. The molecule has 32 heavy (non-hydrogen) atoms. The number of rotatable bonds is 21. The zero-order valence-corrected chi connectivity index (χ0v) is 22.1. The van der Waals surface area contributed by atoms with Crippen LogP contribution in [-0.2, 0) is 9.59 Å². The van der Waals surface area contributed by atoms with Crippen LogP contribution in [0.1, 0.15) is 138 Å². The van der Waals surface area contributed by atoms with Gasteiger partial charge in [-0.05, 0) is 37.0 Å². The number of hydrogen-bond donors (Lipinski definition) is 2. The van der Waals surface area contributed by atoms with Crippen LogP contribution >= 0.6 is 0 Å². The molecule has 0 fully saturated rings. The Morgan fingerprint density at radius 1 is 0.656 bits per heavy atom. The van der Waals surface area contributed by atoms with E-state index in [1.807, 2.05) is 0 Å². The fourth-order valence-electron chi connectivity index (χ4n) is 5.49. The smallest absolute Gasteiger partial charge is 0.310 e. The van der Waals surface area contributed by atoms with Crippen LogP contribution in [0.4, 0.5) is 0 Å². The van der Waals surface area contributed by atoms with Crippen molar-refractivity contribution in [3.63, 3.8) is 0 Å². The average molecular weight is 455 g/mol. The molecular weight excluding hydrogens is 400 g/mol. The number of carbonyl (C=O) groups is 2. The largest absolute Gasteiger partial charge is 0.481 e. The Hall–Kier alpha value is -1.06. The minimum atomic E-state index is -1.17. The Labute approximate surface area is 199 Å². The number of aliphatic carboxylic acids is 2. The van der Waals surface area contributed by atoms with Gasteiger partial charge in [0.1, 0.15) is 0 Å². The van der Waals surface area contributed by atoms with E-state index < -0.39 is 23.3 Å². The van der Waals surface area contributed by atoms with Gasteiger partial charge in [-0.25, -0.2) is 0 Å². The average Bonchev–Trinajstić information content (AvgIpc) is 2.78. The van der Waals surface area contributed by atoms with Crippen molar-refractivity contribution in [3.05, 3.63) is 0 Å². The predicted molar refractivity (Wildman–Crippen MR) is 135 cm³/mol. The maximum atomic E-state index is 13.0. The van der Waals surface area contributed by atoms with Gasteiger partial charge < -0.3 is 10.2 Å². The van der Waals surface area contributed by atoms with Gasteiger partial charge in [-0.2, -0.15) is 0 Å². The third-order valence-corrected chi connectivity index (χ3v) is 7.90. The van der Waals surface area contributed by atoms with Crippen LogP contribution in [0, 0.1) is 29.1 Å². The maximum absolute atomic E-state index is 13.0. The first-order valence-electron chi connectivity index (χ1n) is 13.7. The minimum Gasteiger partial charge on any atom is -0.481 e. The Morgan fingerprint density at radius 3 is 1.31 bits per heavy atom. The molecule has 0 radical (unpaired) electrons. The second kappa shape index (κ2) is 17.4. The van der Waals surface area contributed by atoms with Crippen molar-refractivity contribution in [2.45, 2.75) is 138 Å². The van der Waals surface area contributed by atoms with Crippen LogP contribution in [0.2, 0.25) is 0 Å². The fourth-order valence-corrected chi connectivity index (χ4v) is 5.49. The zero-order valence-electron chi connectivity index (χ0n) is 22.1. The Kier molecular flexibility index (Phi) is 16.8. The van der Waals surface area contributed by atoms with Crippen LogP contribution < -0.4 is 0 Å². The Morgan fingerprint density at radius 2 is 1.03 bits per heavy atom. The standard InChI is InChI=1S/C28H54O4/c1-7-13-16-22(10-4)19-25(26(29)30)28(27(31)32,20-23(11-5)17-14-8-2)21-24(12-6)18-15-9-3/h22-25H,7-21H2,1-6H3,(H,29,30)(H,31,32). The van der Waals surface area contributed by atoms with E-state index in [2.05, 4.69) is 41.5 Å². The van der Waals surface area contributed by atoms with Gasteiger partial charge in [0.2, 0.25) is 0 Å². The highest BCUT2D eigenvalue weighted by molar-refractivity contribution is 5.83. The molecule has 0 aliphatic heterocycles. The third kappa shape index (κ3) is 10.3. The summed E-state index contributed by atoms with van der Waals surface area (Å²) in [4.78, 5) is 25.7. The molecule has 0 amide bonds. The van der Waals surface area contributed by atoms with E-state index >= 15 is 0 Å². The summed E-state index contributed by atoms with van der Waals surface area (Å²) in [6.07, 6.45) is 13.7. The van der Waals surface area contributed by atoms with E-state index in [4.69, 9.17) is 0 Å². The molecule has 4 atom stereocenters. The molecule has 0 aromatic rings. The van der Waals surface area contributed by atoms with Gasteiger partial charge in [0.05, 0.1) is 11.3 Å². The van der Waals surface area contributed by atoms with Crippen molar-refractivity contribution in [1.29, 1.82) is 0 Å². The normalized spacial score (nSPS) is 17.3. The second-order valence-electron chi connectivity index (χ2n) is 10.2. The van der Waals surface area contributed by atoms with Crippen molar-refractivity contribution < 1.29 is 19.8 Å². The van der Waals surface area contributed by atoms with E-state index in [0.29, 0.717) is 19.3 Å². The van der Waals surface area contributed by atoms with E-state index in [1.165, 1.54) is 0 Å². The lowest BCUT2D eigenvalue weighted by Gasteiger charge is -2.41. The molecule has 0 saturated carbocycles. The van der Waals surface area contributed by atoms with Crippen LogP contribution in [0.3, 0.4) is 0 Å². The summed E-state index contributed by atoms with van der Waals surface area (Å²) in [5, 5.41) is 21.1. The van der Waals surface area contributed by atoms with Gasteiger partial charge in [-0.15, -0.1) is 0 Å². The first-order valence-corrected chi connectivity index (χ1v) is 13.7. The highest BCUT2D eigenvalue weighted by Crippen LogP contribution is 2.47. The summed E-state index contributed by atoms with van der Waals surface area (Å²) in [7, 11) is 0. The zero-order chi connectivity index (χ0) is 24.6. The lowest BCUT2D eigenvalue weighted by molar-refractivity contribution is -0.167. The highest BCUT2D eigenvalue weighted by atomic mass is 16.4. The van der Waals surface area contributed by atoms with Crippen molar-refractivity contribution in [2.24, 2.45) is 29.1 Å². The summed E-state index contributed by atoms with van der Waals surface area (Å²) in [6, 6.07) is 0. The number of carboxylic acid groups (broad SMARTS) is 2. The first kappa shape index (κ1) is 30.9. The van der Waals surface area contributed by atoms with Gasteiger partial charge >= 0.3 is 11.9 Å². The topological polar surface area (TPSA) is 74.6 Å². The summed E-state index contributed by atoms with van der Waals surface area (Å²) in [5.41, 5.74) is -1.17. The maximum Gasteiger partial charge on any atom is 0.310 e. The monoisotopic (exact) mass is 454 g/mol. The van der Waals surface area contributed by atoms with Crippen molar-refractivity contribution in [3.8, 4) is 0 Å². The minimum absolute atomic E-state index is 0.271. The molecule has 0 saturated heterocycles. The molecule has 4 heteroatoms. The highest BCUT2D eigenvalue weighted by Gasteiger charge is 2.51. The molecule has 190 valence electrons. The van der Waals surface area contributed by atoms with Crippen LogP contribution in [0.15, 0.2) is 0 Å². The van der Waals surface area contributed by atoms with Crippen LogP contribution in [0.25, 0.3) is 0 Å². The Balaban J connectivity index is 6.24. The van der Waals surface area contributed by atoms with Gasteiger partial charge in [-0.3, -0.25) is 9.59 Å². The molecule has 2 N–H and O–H groups in total. The SMILES string of the molecule is CCCCC(CC)CC(C(=O)O)C(CC(CC)CCCC)(CC(CC)CCCC)C(=O)O. The molecule has 0 rings (SSSR count). The van der Waals surface area contributed by atoms with Gasteiger partial charge in [-0.1, -0.05) is 119 Å². The van der Waals surface area contributed by atoms with E-state index in [-0.39, 0.29) is 17.8 Å². The second-order valence-corrected chi connectivity index (χ2v) is 10.2. The lowest BCUT2D eigenvalue weighted by atomic mass is 9.61. The molecule has 4 nitrogen and oxygen atoms in total. The van der Waals surface area contributed by atoms with Crippen molar-refractivity contribution in [1.82, 2.24) is 0 Å². The molecule has 0 heterocycles. The summed E-state index contributed by atoms with van der Waals surface area (Å²) in [5.74, 6) is -1.77. The van der Waals surface area contributed by atoms with Gasteiger partial charge in [0.15, 0.2) is 0 Å². The predicted octanol–water partition coefficient (Wildman–Crippen LogP) is 8.58. The molecule has 0 spiro atoms. The van der Waals surface area contributed by atoms with Gasteiger partial charge in [0.25, 0.3) is 0 Å². The first-order chi connectivity index (χ1) is 15.3. The lowest BCUT2D eigenvalue weighted by Crippen LogP contribution is -2.46. The molecule has 0 aromatic heterocycles. The molecule has 0 bridgehead atoms. The van der Waals surface area contributed by atoms with E-state index in [9.17, 15) is 19.8 Å². The third-order valence-electron chi connectivity index (χ3n) is 7.90. The number of unbranched alkanes of at least 4 members (excludes halogenated alkanes) is 3. The summed E-state index contributed by atoms with van der Waals surface area (Å²) in [6.45, 7) is 12.9. The molecule has 0 aliphatic rings. The van der Waals surface area contributed by atoms with Gasteiger partial charge in [0, 0.05) is 0 Å². The quantitative estimate of drug-likeness (QED) is 0.182. The van der Waals surface area contributed by atoms with Crippen molar-refractivity contribution >= 4 is 11.9 Å². The van der Waals surface area contributed by atoms with E-state index in [0.717, 1.165) is 77.0 Å². The fraction of sp³-hybridized carbons (Fsp3) is 0.929. The molecule has 0 aromatic carbocycles. The summed E-state index contributed by atoms with van der Waals surface area (Å²) < 4.78 is 0. The summed E-state index contributed by atoms with van der Waals surface area (Å²) >= 11 is 0. The molecule has 4 unspecified atom stereocenters. The number of carboxylic acids is 2. The van der Waals surface area contributed by atoms with Crippen molar-refractivity contribution in [2.75, 3.05) is 0 Å². The molecular formula is C28H54O4. The van der Waals surface area contributed by atoms with Crippen LogP contribution in [-0.4, -0.2) is 22.2 Å².